The Labute approximate surface area is 126 Å². The van der Waals surface area contributed by atoms with Crippen molar-refractivity contribution < 1.29 is 9.53 Å². The van der Waals surface area contributed by atoms with E-state index in [0.717, 1.165) is 48.5 Å². The molecule has 0 aromatic heterocycles. The summed E-state index contributed by atoms with van der Waals surface area (Å²) in [6.45, 7) is 3.47. The smallest absolute Gasteiger partial charge is 0.293 e. The second-order valence-electron chi connectivity index (χ2n) is 4.56. The fraction of sp³-hybridized carbons (Fsp3) is 0.357. The lowest BCUT2D eigenvalue weighted by Gasteiger charge is -2.36. The lowest BCUT2D eigenvalue weighted by molar-refractivity contribution is 0.341. The first-order chi connectivity index (χ1) is 9.76. The summed E-state index contributed by atoms with van der Waals surface area (Å²) in [5, 5.41) is 0. The molecule has 1 saturated heterocycles. The van der Waals surface area contributed by atoms with Gasteiger partial charge in [0, 0.05) is 42.3 Å². The first kappa shape index (κ1) is 15.0. The van der Waals surface area contributed by atoms with Crippen molar-refractivity contribution in [2.24, 2.45) is 0 Å². The van der Waals surface area contributed by atoms with E-state index in [1.807, 2.05) is 23.0 Å². The van der Waals surface area contributed by atoms with Gasteiger partial charge in [0.1, 0.15) is 0 Å². The molecular weight excluding hydrogens is 271 g/mol. The maximum Gasteiger partial charge on any atom is 0.293 e. The molecule has 0 N–H and O–H groups in total. The highest BCUT2D eigenvalue weighted by atomic mass is 32.1. The van der Waals surface area contributed by atoms with Crippen LogP contribution in [0.3, 0.4) is 0 Å². The van der Waals surface area contributed by atoms with Crippen molar-refractivity contribution in [2.75, 3.05) is 38.2 Å². The highest BCUT2D eigenvalue weighted by Gasteiger charge is 2.19. The summed E-state index contributed by atoms with van der Waals surface area (Å²) in [6.07, 6.45) is 4.44. The molecule has 4 nitrogen and oxygen atoms in total. The first-order valence-corrected chi connectivity index (χ1v) is 7.00. The number of methoxy groups -OCH3 is 1. The molecule has 1 aliphatic heterocycles. The zero-order valence-electron chi connectivity index (χ0n) is 11.5. The van der Waals surface area contributed by atoms with Crippen LogP contribution in [0.4, 0.5) is 5.69 Å². The second-order valence-corrected chi connectivity index (χ2v) is 5.04. The minimum absolute atomic E-state index is 0.844. The van der Waals surface area contributed by atoms with E-state index < -0.39 is 0 Å². The van der Waals surface area contributed by atoms with Crippen LogP contribution in [0.25, 0.3) is 6.08 Å². The largest absolute Gasteiger partial charge is 0.504 e. The van der Waals surface area contributed by atoms with Gasteiger partial charge >= 0.3 is 0 Å². The second kappa shape index (κ2) is 7.40. The van der Waals surface area contributed by atoms with Crippen LogP contribution in [-0.4, -0.2) is 51.7 Å². The Morgan fingerprint density at radius 1 is 1.30 bits per heavy atom. The lowest BCUT2D eigenvalue weighted by Crippen LogP contribution is -2.48. The molecule has 0 saturated carbocycles. The summed E-state index contributed by atoms with van der Waals surface area (Å²) >= 11 is 4.51. The summed E-state index contributed by atoms with van der Waals surface area (Å²) in [5.74, 6) is 0. The van der Waals surface area contributed by atoms with Gasteiger partial charge in [-0.1, -0.05) is 6.07 Å². The van der Waals surface area contributed by atoms with Crippen molar-refractivity contribution in [3.8, 4) is 0 Å². The van der Waals surface area contributed by atoms with Gasteiger partial charge in [-0.15, -0.1) is 12.6 Å². The summed E-state index contributed by atoms with van der Waals surface area (Å²) in [7, 11) is 3.24. The van der Waals surface area contributed by atoms with Crippen LogP contribution in [0.15, 0.2) is 29.4 Å². The maximum atomic E-state index is 10.5. The van der Waals surface area contributed by atoms with Crippen LogP contribution in [0.1, 0.15) is 5.56 Å². The molecule has 0 bridgehead atoms. The van der Waals surface area contributed by atoms with Crippen molar-refractivity contribution in [3.63, 3.8) is 0 Å². The molecule has 0 atom stereocenters. The molecule has 0 amide bonds. The third kappa shape index (κ3) is 3.58. The first-order valence-electron chi connectivity index (χ1n) is 6.55. The topological polar surface area (TPSA) is 32.8 Å². The number of benzene rings is 1. The Hall–Kier alpha value is -1.40. The van der Waals surface area contributed by atoms with E-state index in [1.165, 1.54) is 0 Å². The van der Waals surface area contributed by atoms with Gasteiger partial charge < -0.3 is 19.2 Å². The molecule has 20 heavy (non-hydrogen) atoms. The Kier molecular flexibility index (Phi) is 5.55. The number of thiol groups is 1. The maximum absolute atomic E-state index is 10.5. The van der Waals surface area contributed by atoms with E-state index in [-0.39, 0.29) is 0 Å². The van der Waals surface area contributed by atoms with E-state index in [1.54, 1.807) is 20.8 Å². The third-order valence-corrected chi connectivity index (χ3v) is 3.75. The number of hydrogen-bond donors (Lipinski definition) is 1. The SMILES string of the molecule is CO/C=C/c1c(S)cccc1N1CCN([B]C=O)CC1. The number of rotatable bonds is 5. The molecule has 1 aromatic rings. The summed E-state index contributed by atoms with van der Waals surface area (Å²) in [5.41, 5.74) is 2.21. The molecule has 1 aliphatic rings. The van der Waals surface area contributed by atoms with Gasteiger partial charge in [-0.3, -0.25) is 0 Å². The van der Waals surface area contributed by atoms with E-state index in [4.69, 9.17) is 4.74 Å². The van der Waals surface area contributed by atoms with Gasteiger partial charge in [0.15, 0.2) is 0 Å². The molecule has 0 spiro atoms. The van der Waals surface area contributed by atoms with E-state index in [9.17, 15) is 4.79 Å². The molecular formula is C14H18BN2O2S. The van der Waals surface area contributed by atoms with Crippen LogP contribution in [0.2, 0.25) is 0 Å². The highest BCUT2D eigenvalue weighted by molar-refractivity contribution is 7.80. The van der Waals surface area contributed by atoms with Gasteiger partial charge in [0.05, 0.1) is 19.6 Å². The third-order valence-electron chi connectivity index (χ3n) is 3.36. The molecule has 105 valence electrons. The van der Waals surface area contributed by atoms with Crippen LogP contribution in [0.5, 0.6) is 0 Å². The van der Waals surface area contributed by atoms with E-state index in [2.05, 4.69) is 23.6 Å². The minimum atomic E-state index is 0.844. The number of piperazine rings is 1. The Morgan fingerprint density at radius 2 is 2.05 bits per heavy atom. The predicted octanol–water partition coefficient (Wildman–Crippen LogP) is 1.52. The Morgan fingerprint density at radius 3 is 2.70 bits per heavy atom. The minimum Gasteiger partial charge on any atom is -0.504 e. The number of nitrogens with zero attached hydrogens (tertiary/aromatic N) is 2. The predicted molar refractivity (Wildman–Crippen MR) is 86.0 cm³/mol. The lowest BCUT2D eigenvalue weighted by atomic mass is 9.93. The summed E-state index contributed by atoms with van der Waals surface area (Å²) in [6, 6.07) is 6.07. The molecule has 1 heterocycles. The number of anilines is 1. The van der Waals surface area contributed by atoms with Gasteiger partial charge in [-0.25, -0.2) is 0 Å². The van der Waals surface area contributed by atoms with Gasteiger partial charge in [0.25, 0.3) is 7.41 Å². The Bertz CT molecular complexity index is 488. The number of carbonyl (C=O) groups excluding carboxylic acids is 1. The molecule has 1 fully saturated rings. The van der Waals surface area contributed by atoms with E-state index in [0.29, 0.717) is 0 Å². The van der Waals surface area contributed by atoms with Crippen LogP contribution < -0.4 is 4.90 Å². The fourth-order valence-electron chi connectivity index (χ4n) is 2.32. The molecule has 2 rings (SSSR count). The van der Waals surface area contributed by atoms with Crippen molar-refractivity contribution in [3.05, 3.63) is 30.0 Å². The quantitative estimate of drug-likeness (QED) is 0.386. The normalized spacial score (nSPS) is 16.4. The van der Waals surface area contributed by atoms with Crippen LogP contribution in [0, 0.1) is 0 Å². The number of hydrogen-bond acceptors (Lipinski definition) is 5. The monoisotopic (exact) mass is 289 g/mol. The van der Waals surface area contributed by atoms with Gasteiger partial charge in [0.2, 0.25) is 0 Å². The highest BCUT2D eigenvalue weighted by Crippen LogP contribution is 2.28. The van der Waals surface area contributed by atoms with E-state index >= 15 is 0 Å². The molecule has 0 aliphatic carbocycles. The number of carbonyl (C=O) groups is 1. The molecule has 6 heteroatoms. The average molecular weight is 289 g/mol. The van der Waals surface area contributed by atoms with Crippen LogP contribution >= 0.6 is 12.6 Å². The molecule has 1 radical (unpaired) electrons. The summed E-state index contributed by atoms with van der Waals surface area (Å²) < 4.78 is 5.01. The Balaban J connectivity index is 2.15. The van der Waals surface area contributed by atoms with Crippen molar-refractivity contribution >= 4 is 38.0 Å². The standard InChI is InChI=1S/C14H18BN2O2S/c1-19-10-5-12-13(3-2-4-14(12)20)16-6-8-17(9-7-16)15-11-18/h2-5,10-11,20H,6-9H2,1H3/b10-5+. The van der Waals surface area contributed by atoms with Crippen molar-refractivity contribution in [1.29, 1.82) is 0 Å². The molecule has 0 unspecified atom stereocenters. The van der Waals surface area contributed by atoms with Crippen molar-refractivity contribution in [1.82, 2.24) is 4.81 Å². The van der Waals surface area contributed by atoms with Gasteiger partial charge in [-0.05, 0) is 18.2 Å². The zero-order valence-corrected chi connectivity index (χ0v) is 12.4. The van der Waals surface area contributed by atoms with Crippen LogP contribution in [-0.2, 0) is 9.53 Å². The fourth-order valence-corrected chi connectivity index (χ4v) is 2.60. The summed E-state index contributed by atoms with van der Waals surface area (Å²) in [4.78, 5) is 15.8. The zero-order chi connectivity index (χ0) is 14.4. The average Bonchev–Trinajstić information content (AvgIpc) is 2.47. The van der Waals surface area contributed by atoms with Gasteiger partial charge in [-0.2, -0.15) is 0 Å². The number of ether oxygens (including phenoxy) is 1. The van der Waals surface area contributed by atoms with Crippen molar-refractivity contribution in [2.45, 2.75) is 4.90 Å². The molecule has 1 aromatic carbocycles.